The molecule has 8 heteroatoms. The maximum absolute atomic E-state index is 12.8. The second kappa shape index (κ2) is 9.25. The van der Waals surface area contributed by atoms with Gasteiger partial charge in [-0.2, -0.15) is 13.2 Å². The summed E-state index contributed by atoms with van der Waals surface area (Å²) in [6.45, 7) is -0.733. The number of ketones is 1. The van der Waals surface area contributed by atoms with Gasteiger partial charge in [0.25, 0.3) is 5.91 Å². The van der Waals surface area contributed by atoms with Crippen LogP contribution in [0.2, 0.25) is 0 Å². The zero-order valence-corrected chi connectivity index (χ0v) is 16.0. The number of esters is 1. The quantitative estimate of drug-likeness (QED) is 0.456. The molecule has 0 saturated heterocycles. The first-order chi connectivity index (χ1) is 14.8. The second-order valence-corrected chi connectivity index (χ2v) is 6.44. The van der Waals surface area contributed by atoms with Gasteiger partial charge in [-0.1, -0.05) is 54.6 Å². The molecule has 3 rings (SSSR count). The smallest absolute Gasteiger partial charge is 0.416 e. The van der Waals surface area contributed by atoms with E-state index in [4.69, 9.17) is 4.74 Å². The number of hydrogen-bond donors (Lipinski definition) is 1. The van der Waals surface area contributed by atoms with Crippen LogP contribution in [0.3, 0.4) is 0 Å². The molecule has 0 radical (unpaired) electrons. The minimum Gasteiger partial charge on any atom is -0.452 e. The number of rotatable bonds is 6. The van der Waals surface area contributed by atoms with Crippen LogP contribution < -0.4 is 5.32 Å². The fraction of sp³-hybridized carbons (Fsp3) is 0.0870. The maximum Gasteiger partial charge on any atom is 0.416 e. The van der Waals surface area contributed by atoms with Crippen molar-refractivity contribution in [1.29, 1.82) is 0 Å². The first-order valence-electron chi connectivity index (χ1n) is 9.09. The normalized spacial score (nSPS) is 10.9. The maximum atomic E-state index is 12.8. The fourth-order valence-electron chi connectivity index (χ4n) is 2.78. The third-order valence-corrected chi connectivity index (χ3v) is 4.24. The number of carbonyl (C=O) groups excluding carboxylic acids is 3. The molecule has 31 heavy (non-hydrogen) atoms. The Bertz CT molecular complexity index is 1110. The highest BCUT2D eigenvalue weighted by Gasteiger charge is 2.30. The number of ether oxygens (including phenoxy) is 1. The molecular weight excluding hydrogens is 411 g/mol. The minimum absolute atomic E-state index is 0.0248. The Balaban J connectivity index is 1.67. The number of nitrogens with one attached hydrogen (secondary N) is 1. The van der Waals surface area contributed by atoms with Gasteiger partial charge in [0.2, 0.25) is 0 Å². The molecule has 1 N–H and O–H groups in total. The molecule has 0 bridgehead atoms. The summed E-state index contributed by atoms with van der Waals surface area (Å²) in [5, 5.41) is 2.24. The van der Waals surface area contributed by atoms with E-state index in [0.717, 1.165) is 18.2 Å². The number of carbonyl (C=O) groups is 3. The van der Waals surface area contributed by atoms with E-state index in [2.05, 4.69) is 5.32 Å². The third-order valence-electron chi connectivity index (χ3n) is 4.24. The highest BCUT2D eigenvalue weighted by atomic mass is 19.4. The van der Waals surface area contributed by atoms with Crippen molar-refractivity contribution in [2.75, 3.05) is 11.9 Å². The van der Waals surface area contributed by atoms with Gasteiger partial charge < -0.3 is 10.1 Å². The molecule has 0 unspecified atom stereocenters. The Kier molecular flexibility index (Phi) is 6.49. The average Bonchev–Trinajstić information content (AvgIpc) is 2.77. The lowest BCUT2D eigenvalue weighted by Gasteiger charge is -2.11. The summed E-state index contributed by atoms with van der Waals surface area (Å²) in [5.74, 6) is -2.11. The van der Waals surface area contributed by atoms with Gasteiger partial charge >= 0.3 is 12.1 Å². The Morgan fingerprint density at radius 2 is 1.45 bits per heavy atom. The molecule has 0 heterocycles. The standard InChI is InChI=1S/C23H16F3NO4/c24-23(25,26)16-9-6-10-17(13-16)27-20(28)14-31-22(30)19-12-5-4-11-18(19)21(29)15-7-2-1-3-8-15/h1-13H,14H2,(H,27,28). The van der Waals surface area contributed by atoms with Gasteiger partial charge in [0.15, 0.2) is 12.4 Å². The van der Waals surface area contributed by atoms with Crippen LogP contribution in [0.1, 0.15) is 31.8 Å². The lowest BCUT2D eigenvalue weighted by atomic mass is 9.98. The first kappa shape index (κ1) is 21.8. The zero-order chi connectivity index (χ0) is 22.4. The summed E-state index contributed by atoms with van der Waals surface area (Å²) < 4.78 is 43.3. The van der Waals surface area contributed by atoms with Gasteiger partial charge in [0, 0.05) is 16.8 Å². The molecule has 0 fully saturated rings. The van der Waals surface area contributed by atoms with Crippen molar-refractivity contribution in [2.45, 2.75) is 6.18 Å². The summed E-state index contributed by atoms with van der Waals surface area (Å²) >= 11 is 0. The second-order valence-electron chi connectivity index (χ2n) is 6.44. The van der Waals surface area contributed by atoms with Crippen LogP contribution in [0.4, 0.5) is 18.9 Å². The largest absolute Gasteiger partial charge is 0.452 e. The van der Waals surface area contributed by atoms with Crippen LogP contribution in [0, 0.1) is 0 Å². The summed E-state index contributed by atoms with van der Waals surface area (Å²) in [6.07, 6.45) is -4.55. The van der Waals surface area contributed by atoms with E-state index in [1.54, 1.807) is 42.5 Å². The number of anilines is 1. The molecule has 3 aromatic carbocycles. The summed E-state index contributed by atoms with van der Waals surface area (Å²) in [7, 11) is 0. The lowest BCUT2D eigenvalue weighted by molar-refractivity contribution is -0.137. The van der Waals surface area contributed by atoms with E-state index >= 15 is 0 Å². The highest BCUT2D eigenvalue weighted by molar-refractivity contribution is 6.14. The Hall–Kier alpha value is -3.94. The monoisotopic (exact) mass is 427 g/mol. The van der Waals surface area contributed by atoms with E-state index in [1.807, 2.05) is 0 Å². The van der Waals surface area contributed by atoms with Crippen molar-refractivity contribution < 1.29 is 32.3 Å². The summed E-state index contributed by atoms with van der Waals surface area (Å²) in [6, 6.07) is 18.4. The number of hydrogen-bond acceptors (Lipinski definition) is 4. The topological polar surface area (TPSA) is 72.5 Å². The van der Waals surface area contributed by atoms with E-state index in [-0.39, 0.29) is 22.6 Å². The van der Waals surface area contributed by atoms with Crippen LogP contribution in [-0.2, 0) is 15.7 Å². The van der Waals surface area contributed by atoms with E-state index in [9.17, 15) is 27.6 Å². The first-order valence-corrected chi connectivity index (χ1v) is 9.09. The van der Waals surface area contributed by atoms with Crippen molar-refractivity contribution in [2.24, 2.45) is 0 Å². The van der Waals surface area contributed by atoms with Crippen LogP contribution >= 0.6 is 0 Å². The minimum atomic E-state index is -4.55. The van der Waals surface area contributed by atoms with Crippen LogP contribution in [-0.4, -0.2) is 24.3 Å². The van der Waals surface area contributed by atoms with Crippen LogP contribution in [0.15, 0.2) is 78.9 Å². The number of benzene rings is 3. The van der Waals surface area contributed by atoms with Gasteiger partial charge in [0.05, 0.1) is 11.1 Å². The van der Waals surface area contributed by atoms with Crippen LogP contribution in [0.5, 0.6) is 0 Å². The predicted octanol–water partition coefficient (Wildman–Crippen LogP) is 4.73. The number of alkyl halides is 3. The van der Waals surface area contributed by atoms with Gasteiger partial charge in [-0.25, -0.2) is 4.79 Å². The molecule has 0 saturated carbocycles. The number of halogens is 3. The fourth-order valence-corrected chi connectivity index (χ4v) is 2.78. The molecule has 158 valence electrons. The molecule has 0 aliphatic carbocycles. The Labute approximate surface area is 175 Å². The number of amides is 1. The molecule has 5 nitrogen and oxygen atoms in total. The molecule has 0 aliphatic heterocycles. The van der Waals surface area contributed by atoms with Crippen LogP contribution in [0.25, 0.3) is 0 Å². The molecule has 0 aliphatic rings. The van der Waals surface area contributed by atoms with E-state index in [0.29, 0.717) is 5.56 Å². The molecule has 0 aromatic heterocycles. The van der Waals surface area contributed by atoms with Gasteiger partial charge in [-0.3, -0.25) is 9.59 Å². The lowest BCUT2D eigenvalue weighted by Crippen LogP contribution is -2.22. The molecule has 3 aromatic rings. The van der Waals surface area contributed by atoms with Gasteiger partial charge in [-0.15, -0.1) is 0 Å². The Morgan fingerprint density at radius 1 is 0.806 bits per heavy atom. The van der Waals surface area contributed by atoms with Gasteiger partial charge in [-0.05, 0) is 24.3 Å². The van der Waals surface area contributed by atoms with Crippen molar-refractivity contribution >= 4 is 23.3 Å². The van der Waals surface area contributed by atoms with E-state index < -0.39 is 30.2 Å². The molecule has 0 spiro atoms. The average molecular weight is 427 g/mol. The SMILES string of the molecule is O=C(COC(=O)c1ccccc1C(=O)c1ccccc1)Nc1cccc(C(F)(F)F)c1. The molecular formula is C23H16F3NO4. The summed E-state index contributed by atoms with van der Waals surface area (Å²) in [5.41, 5.74) is -0.545. The molecule has 1 amide bonds. The molecule has 0 atom stereocenters. The summed E-state index contributed by atoms with van der Waals surface area (Å²) in [4.78, 5) is 37.1. The van der Waals surface area contributed by atoms with E-state index in [1.165, 1.54) is 18.2 Å². The van der Waals surface area contributed by atoms with Crippen molar-refractivity contribution in [3.8, 4) is 0 Å². The van der Waals surface area contributed by atoms with Crippen molar-refractivity contribution in [3.05, 3.63) is 101 Å². The van der Waals surface area contributed by atoms with Crippen molar-refractivity contribution in [3.63, 3.8) is 0 Å². The Morgan fingerprint density at radius 3 is 2.13 bits per heavy atom. The highest BCUT2D eigenvalue weighted by Crippen LogP contribution is 2.30. The van der Waals surface area contributed by atoms with Crippen molar-refractivity contribution in [1.82, 2.24) is 0 Å². The zero-order valence-electron chi connectivity index (χ0n) is 16.0. The predicted molar refractivity (Wildman–Crippen MR) is 107 cm³/mol. The third kappa shape index (κ3) is 5.57. The van der Waals surface area contributed by atoms with Gasteiger partial charge in [0.1, 0.15) is 0 Å².